The van der Waals surface area contributed by atoms with E-state index in [2.05, 4.69) is 46.5 Å². The molecule has 1 unspecified atom stereocenters. The van der Waals surface area contributed by atoms with Gasteiger partial charge in [-0.3, -0.25) is 9.69 Å². The number of nitrogens with zero attached hydrogens (tertiary/aromatic N) is 3. The molecule has 1 aromatic carbocycles. The second-order valence-electron chi connectivity index (χ2n) is 9.10. The number of aryl methyl sites for hydroxylation is 1. The predicted molar refractivity (Wildman–Crippen MR) is 119 cm³/mol. The maximum atomic E-state index is 12.9. The molecule has 6 heteroatoms. The summed E-state index contributed by atoms with van der Waals surface area (Å²) < 4.78 is 5.42. The van der Waals surface area contributed by atoms with Crippen molar-refractivity contribution in [3.05, 3.63) is 51.5 Å². The Bertz CT molecular complexity index is 897. The first-order valence-corrected chi connectivity index (χ1v) is 12.1. The van der Waals surface area contributed by atoms with Gasteiger partial charge in [-0.15, -0.1) is 11.3 Å². The van der Waals surface area contributed by atoms with Crippen LogP contribution in [0, 0.1) is 6.92 Å². The number of thiazole rings is 1. The number of ether oxygens (including phenoxy) is 1. The monoisotopic (exact) mass is 425 g/mol. The van der Waals surface area contributed by atoms with Crippen LogP contribution >= 0.6 is 11.3 Å². The van der Waals surface area contributed by atoms with Gasteiger partial charge in [0.25, 0.3) is 0 Å². The fraction of sp³-hybridized carbons (Fsp3) is 0.583. The van der Waals surface area contributed by atoms with Crippen molar-refractivity contribution in [3.63, 3.8) is 0 Å². The Hall–Kier alpha value is -1.76. The Labute approximate surface area is 183 Å². The third-order valence-corrected chi connectivity index (χ3v) is 8.08. The molecule has 5 rings (SSSR count). The summed E-state index contributed by atoms with van der Waals surface area (Å²) in [5.41, 5.74) is 4.37. The van der Waals surface area contributed by atoms with E-state index in [1.807, 2.05) is 4.90 Å². The lowest BCUT2D eigenvalue weighted by atomic mass is 9.73. The zero-order valence-electron chi connectivity index (χ0n) is 17.8. The molecule has 2 aliphatic heterocycles. The number of fused-ring (bicyclic) bond motifs is 2. The van der Waals surface area contributed by atoms with Gasteiger partial charge in [0, 0.05) is 31.4 Å². The molecule has 30 heavy (non-hydrogen) atoms. The fourth-order valence-corrected chi connectivity index (χ4v) is 6.29. The Morgan fingerprint density at radius 3 is 2.70 bits per heavy atom. The molecule has 0 radical (unpaired) electrons. The van der Waals surface area contributed by atoms with Crippen LogP contribution < -0.4 is 0 Å². The molecule has 0 bridgehead atoms. The van der Waals surface area contributed by atoms with Crippen LogP contribution in [0.3, 0.4) is 0 Å². The summed E-state index contributed by atoms with van der Waals surface area (Å²) in [6.07, 6.45) is 4.11. The Morgan fingerprint density at radius 2 is 1.97 bits per heavy atom. The maximum Gasteiger partial charge on any atom is 0.223 e. The summed E-state index contributed by atoms with van der Waals surface area (Å²) in [5, 5.41) is 3.34. The lowest BCUT2D eigenvalue weighted by Crippen LogP contribution is -2.42. The molecular weight excluding hydrogens is 394 g/mol. The molecular formula is C24H31N3O2S. The van der Waals surface area contributed by atoms with Crippen LogP contribution in [-0.2, 0) is 21.5 Å². The van der Waals surface area contributed by atoms with Crippen molar-refractivity contribution in [2.75, 3.05) is 39.4 Å². The largest absolute Gasteiger partial charge is 0.378 e. The number of aromatic nitrogens is 1. The summed E-state index contributed by atoms with van der Waals surface area (Å²) in [7, 11) is 0. The maximum absolute atomic E-state index is 12.9. The highest BCUT2D eigenvalue weighted by atomic mass is 32.1. The van der Waals surface area contributed by atoms with Crippen LogP contribution in [0.5, 0.6) is 0 Å². The van der Waals surface area contributed by atoms with Crippen LogP contribution in [0.15, 0.2) is 29.6 Å². The third kappa shape index (κ3) is 3.93. The summed E-state index contributed by atoms with van der Waals surface area (Å²) in [5.74, 6) is 0.649. The van der Waals surface area contributed by atoms with Gasteiger partial charge in [-0.1, -0.05) is 24.3 Å². The molecule has 1 aromatic heterocycles. The highest BCUT2D eigenvalue weighted by Gasteiger charge is 2.45. The van der Waals surface area contributed by atoms with Gasteiger partial charge in [-0.05, 0) is 61.7 Å². The third-order valence-electron chi connectivity index (χ3n) is 7.26. The average molecular weight is 426 g/mol. The molecule has 3 heterocycles. The van der Waals surface area contributed by atoms with Crippen molar-refractivity contribution in [1.82, 2.24) is 14.8 Å². The zero-order chi connectivity index (χ0) is 20.6. The van der Waals surface area contributed by atoms with Gasteiger partial charge in [0.15, 0.2) is 0 Å². The topological polar surface area (TPSA) is 45.7 Å². The number of rotatable bonds is 4. The number of amides is 1. The molecule has 0 N–H and O–H groups in total. The molecule has 160 valence electrons. The van der Waals surface area contributed by atoms with Crippen molar-refractivity contribution in [3.8, 4) is 0 Å². The van der Waals surface area contributed by atoms with E-state index in [0.29, 0.717) is 31.5 Å². The number of morpholine rings is 1. The molecule has 2 saturated heterocycles. The lowest BCUT2D eigenvalue weighted by Gasteiger charge is -2.40. The number of hydrogen-bond acceptors (Lipinski definition) is 5. The highest BCUT2D eigenvalue weighted by Crippen LogP contribution is 2.52. The van der Waals surface area contributed by atoms with Crippen LogP contribution in [0.4, 0.5) is 0 Å². The molecule has 3 aliphatic rings. The van der Waals surface area contributed by atoms with Gasteiger partial charge in [0.05, 0.1) is 23.9 Å². The van der Waals surface area contributed by atoms with E-state index in [1.165, 1.54) is 29.7 Å². The van der Waals surface area contributed by atoms with Gasteiger partial charge in [0.1, 0.15) is 0 Å². The lowest BCUT2D eigenvalue weighted by molar-refractivity contribution is -0.135. The van der Waals surface area contributed by atoms with Gasteiger partial charge in [0.2, 0.25) is 5.91 Å². The number of piperidine rings is 1. The van der Waals surface area contributed by atoms with Crippen molar-refractivity contribution in [2.24, 2.45) is 0 Å². The van der Waals surface area contributed by atoms with Crippen molar-refractivity contribution < 1.29 is 9.53 Å². The fourth-order valence-electron chi connectivity index (χ4n) is 5.68. The minimum Gasteiger partial charge on any atom is -0.378 e. The van der Waals surface area contributed by atoms with E-state index in [0.717, 1.165) is 44.2 Å². The standard InChI is InChI=1S/C24H31N3O2S/c1-18-25-20(17-30-18)16-26-8-6-24(7-9-26)15-19(21-4-2-3-5-22(21)24)14-23(28)27-10-12-29-13-11-27/h2-5,17,19H,6-16H2,1H3. The van der Waals surface area contributed by atoms with Crippen LogP contribution in [-0.4, -0.2) is 60.1 Å². The van der Waals surface area contributed by atoms with Gasteiger partial charge >= 0.3 is 0 Å². The normalized spacial score (nSPS) is 23.6. The second kappa shape index (κ2) is 8.40. The minimum absolute atomic E-state index is 0.237. The number of likely N-dealkylation sites (tertiary alicyclic amines) is 1. The molecule has 5 nitrogen and oxygen atoms in total. The van der Waals surface area contributed by atoms with E-state index >= 15 is 0 Å². The predicted octanol–water partition coefficient (Wildman–Crippen LogP) is 3.72. The molecule has 2 fully saturated rings. The van der Waals surface area contributed by atoms with E-state index in [1.54, 1.807) is 11.3 Å². The molecule has 0 saturated carbocycles. The number of hydrogen-bond donors (Lipinski definition) is 0. The number of carbonyl (C=O) groups is 1. The number of benzene rings is 1. The Morgan fingerprint density at radius 1 is 1.20 bits per heavy atom. The summed E-state index contributed by atoms with van der Waals surface area (Å²) in [6.45, 7) is 8.07. The van der Waals surface area contributed by atoms with Crippen LogP contribution in [0.2, 0.25) is 0 Å². The van der Waals surface area contributed by atoms with Crippen LogP contribution in [0.1, 0.15) is 53.4 Å². The van der Waals surface area contributed by atoms with E-state index in [9.17, 15) is 4.79 Å². The van der Waals surface area contributed by atoms with Gasteiger partial charge in [-0.25, -0.2) is 4.98 Å². The minimum atomic E-state index is 0.237. The van der Waals surface area contributed by atoms with Gasteiger partial charge in [-0.2, -0.15) is 0 Å². The summed E-state index contributed by atoms with van der Waals surface area (Å²) >= 11 is 1.74. The first-order valence-electron chi connectivity index (χ1n) is 11.2. The quantitative estimate of drug-likeness (QED) is 0.749. The molecule has 1 atom stereocenters. The van der Waals surface area contributed by atoms with Crippen molar-refractivity contribution >= 4 is 17.2 Å². The Balaban J connectivity index is 1.27. The molecule has 1 aliphatic carbocycles. The SMILES string of the molecule is Cc1nc(CN2CCC3(CC2)CC(CC(=O)N2CCOCC2)c2ccccc23)cs1. The molecule has 1 spiro atoms. The summed E-state index contributed by atoms with van der Waals surface area (Å²) in [6, 6.07) is 8.92. The number of carbonyl (C=O) groups excluding carboxylic acids is 1. The first kappa shape index (κ1) is 20.2. The second-order valence-corrected chi connectivity index (χ2v) is 10.2. The average Bonchev–Trinajstić information content (AvgIpc) is 3.32. The van der Waals surface area contributed by atoms with E-state index in [-0.39, 0.29) is 5.41 Å². The van der Waals surface area contributed by atoms with Crippen molar-refractivity contribution in [1.29, 1.82) is 0 Å². The molecule has 2 aromatic rings. The van der Waals surface area contributed by atoms with Crippen LogP contribution in [0.25, 0.3) is 0 Å². The zero-order valence-corrected chi connectivity index (χ0v) is 18.6. The smallest absolute Gasteiger partial charge is 0.223 e. The Kier molecular flexibility index (Phi) is 5.65. The van der Waals surface area contributed by atoms with Crippen molar-refractivity contribution in [2.45, 2.75) is 50.5 Å². The van der Waals surface area contributed by atoms with E-state index < -0.39 is 0 Å². The van der Waals surface area contributed by atoms with Gasteiger partial charge < -0.3 is 9.64 Å². The highest BCUT2D eigenvalue weighted by molar-refractivity contribution is 7.09. The van der Waals surface area contributed by atoms with E-state index in [4.69, 9.17) is 4.74 Å². The first-order chi connectivity index (χ1) is 14.6. The molecule has 1 amide bonds. The summed E-state index contributed by atoms with van der Waals surface area (Å²) in [4.78, 5) is 22.1.